The van der Waals surface area contributed by atoms with Gasteiger partial charge in [0.05, 0.1) is 7.11 Å². The van der Waals surface area contributed by atoms with E-state index in [2.05, 4.69) is 26.6 Å². The van der Waals surface area contributed by atoms with Crippen molar-refractivity contribution in [2.45, 2.75) is 0 Å². The molecule has 2 N–H and O–H groups in total. The number of hydrogen-bond donors (Lipinski definition) is 2. The van der Waals surface area contributed by atoms with Crippen LogP contribution in [0.3, 0.4) is 0 Å². The van der Waals surface area contributed by atoms with Gasteiger partial charge in [-0.15, -0.1) is 0 Å². The highest BCUT2D eigenvalue weighted by Gasteiger charge is 2.15. The molecule has 0 atom stereocenters. The SMILES string of the molecule is COc1ccc(NC(=O)/C(=C\c2ccc(Br)cc2)NC(=O)c2ccccc2)cc1. The first-order valence-electron chi connectivity index (χ1n) is 8.84. The lowest BCUT2D eigenvalue weighted by Crippen LogP contribution is -2.30. The molecule has 5 nitrogen and oxygen atoms in total. The van der Waals surface area contributed by atoms with Crippen LogP contribution in [-0.2, 0) is 4.79 Å². The number of carbonyl (C=O) groups is 2. The quantitative estimate of drug-likeness (QED) is 0.526. The van der Waals surface area contributed by atoms with Crippen molar-refractivity contribution in [3.05, 3.63) is 100 Å². The Balaban J connectivity index is 1.85. The second-order valence-electron chi connectivity index (χ2n) is 6.11. The minimum Gasteiger partial charge on any atom is -0.497 e. The molecule has 2 amide bonds. The highest BCUT2D eigenvalue weighted by Crippen LogP contribution is 2.17. The van der Waals surface area contributed by atoms with Crippen LogP contribution in [0.4, 0.5) is 5.69 Å². The Hall–Kier alpha value is -3.38. The number of hydrogen-bond acceptors (Lipinski definition) is 3. The number of benzene rings is 3. The number of amides is 2. The van der Waals surface area contributed by atoms with Crippen LogP contribution in [0, 0.1) is 0 Å². The zero-order chi connectivity index (χ0) is 20.6. The van der Waals surface area contributed by atoms with E-state index in [-0.39, 0.29) is 11.6 Å². The number of rotatable bonds is 6. The second-order valence-corrected chi connectivity index (χ2v) is 7.03. The number of methoxy groups -OCH3 is 1. The van der Waals surface area contributed by atoms with Crippen LogP contribution in [0.25, 0.3) is 6.08 Å². The van der Waals surface area contributed by atoms with Crippen molar-refractivity contribution in [1.29, 1.82) is 0 Å². The summed E-state index contributed by atoms with van der Waals surface area (Å²) in [6.45, 7) is 0. The van der Waals surface area contributed by atoms with Crippen molar-refractivity contribution in [2.75, 3.05) is 12.4 Å². The van der Waals surface area contributed by atoms with Crippen molar-refractivity contribution in [1.82, 2.24) is 5.32 Å². The van der Waals surface area contributed by atoms with Gasteiger partial charge >= 0.3 is 0 Å². The van der Waals surface area contributed by atoms with Crippen molar-refractivity contribution < 1.29 is 14.3 Å². The first kappa shape index (κ1) is 20.4. The molecule has 0 bridgehead atoms. The maximum Gasteiger partial charge on any atom is 0.272 e. The van der Waals surface area contributed by atoms with E-state index in [1.807, 2.05) is 30.3 Å². The molecule has 146 valence electrons. The summed E-state index contributed by atoms with van der Waals surface area (Å²) < 4.78 is 6.05. The van der Waals surface area contributed by atoms with E-state index in [9.17, 15) is 9.59 Å². The first-order valence-corrected chi connectivity index (χ1v) is 9.63. The van der Waals surface area contributed by atoms with Gasteiger partial charge in [0, 0.05) is 15.7 Å². The Morgan fingerprint density at radius 2 is 1.55 bits per heavy atom. The zero-order valence-electron chi connectivity index (χ0n) is 15.7. The first-order chi connectivity index (χ1) is 14.0. The van der Waals surface area contributed by atoms with Gasteiger partial charge in [0.25, 0.3) is 11.8 Å². The van der Waals surface area contributed by atoms with Crippen molar-refractivity contribution in [3.63, 3.8) is 0 Å². The van der Waals surface area contributed by atoms with Crippen molar-refractivity contribution >= 4 is 39.5 Å². The van der Waals surface area contributed by atoms with Gasteiger partial charge in [-0.3, -0.25) is 9.59 Å². The Bertz CT molecular complexity index is 1010. The third-order valence-electron chi connectivity index (χ3n) is 4.06. The van der Waals surface area contributed by atoms with Gasteiger partial charge in [-0.1, -0.05) is 46.3 Å². The van der Waals surface area contributed by atoms with Gasteiger partial charge in [-0.05, 0) is 60.2 Å². The summed E-state index contributed by atoms with van der Waals surface area (Å²) in [7, 11) is 1.58. The van der Waals surface area contributed by atoms with Gasteiger partial charge in [0.1, 0.15) is 11.4 Å². The van der Waals surface area contributed by atoms with Crippen LogP contribution in [0.1, 0.15) is 15.9 Å². The molecular formula is C23H19BrN2O3. The topological polar surface area (TPSA) is 67.4 Å². The maximum absolute atomic E-state index is 12.9. The minimum atomic E-state index is -0.428. The third-order valence-corrected chi connectivity index (χ3v) is 4.59. The van der Waals surface area contributed by atoms with Gasteiger partial charge in [-0.2, -0.15) is 0 Å². The largest absolute Gasteiger partial charge is 0.497 e. The number of halogens is 1. The van der Waals surface area contributed by atoms with Gasteiger partial charge < -0.3 is 15.4 Å². The molecule has 0 unspecified atom stereocenters. The molecular weight excluding hydrogens is 432 g/mol. The smallest absolute Gasteiger partial charge is 0.272 e. The van der Waals surface area contributed by atoms with E-state index in [4.69, 9.17) is 4.74 Å². The zero-order valence-corrected chi connectivity index (χ0v) is 17.3. The fourth-order valence-corrected chi connectivity index (χ4v) is 2.81. The Labute approximate surface area is 177 Å². The van der Waals surface area contributed by atoms with Crippen molar-refractivity contribution in [3.8, 4) is 5.75 Å². The molecule has 0 aromatic heterocycles. The Kier molecular flexibility index (Phi) is 6.81. The molecule has 6 heteroatoms. The van der Waals surface area contributed by atoms with Crippen LogP contribution in [0.15, 0.2) is 89.0 Å². The lowest BCUT2D eigenvalue weighted by molar-refractivity contribution is -0.113. The fraction of sp³-hybridized carbons (Fsp3) is 0.0435. The molecule has 0 aliphatic rings. The average molecular weight is 451 g/mol. The summed E-state index contributed by atoms with van der Waals surface area (Å²) in [5.41, 5.74) is 1.97. The van der Waals surface area contributed by atoms with E-state index < -0.39 is 5.91 Å². The van der Waals surface area contributed by atoms with E-state index in [0.29, 0.717) is 17.0 Å². The summed E-state index contributed by atoms with van der Waals surface area (Å²) in [5.74, 6) is -0.104. The number of ether oxygens (including phenoxy) is 1. The van der Waals surface area contributed by atoms with E-state index >= 15 is 0 Å². The summed E-state index contributed by atoms with van der Waals surface area (Å²) in [6.07, 6.45) is 1.63. The highest BCUT2D eigenvalue weighted by molar-refractivity contribution is 9.10. The third kappa shape index (κ3) is 5.80. The number of nitrogens with one attached hydrogen (secondary N) is 2. The summed E-state index contributed by atoms with van der Waals surface area (Å²) in [4.78, 5) is 25.5. The monoisotopic (exact) mass is 450 g/mol. The predicted molar refractivity (Wildman–Crippen MR) is 118 cm³/mol. The number of anilines is 1. The molecule has 0 saturated carbocycles. The van der Waals surface area contributed by atoms with E-state index in [1.165, 1.54) is 0 Å². The molecule has 0 heterocycles. The van der Waals surface area contributed by atoms with E-state index in [1.54, 1.807) is 61.7 Å². The maximum atomic E-state index is 12.9. The fourth-order valence-electron chi connectivity index (χ4n) is 2.54. The van der Waals surface area contributed by atoms with Crippen LogP contribution >= 0.6 is 15.9 Å². The molecule has 0 aliphatic carbocycles. The predicted octanol–water partition coefficient (Wildman–Crippen LogP) is 4.87. The lowest BCUT2D eigenvalue weighted by atomic mass is 10.1. The number of carbonyl (C=O) groups excluding carboxylic acids is 2. The Morgan fingerprint density at radius 3 is 2.17 bits per heavy atom. The lowest BCUT2D eigenvalue weighted by Gasteiger charge is -2.12. The molecule has 29 heavy (non-hydrogen) atoms. The molecule has 0 radical (unpaired) electrons. The molecule has 0 aliphatic heterocycles. The molecule has 3 aromatic carbocycles. The summed E-state index contributed by atoms with van der Waals surface area (Å²) in [6, 6.07) is 23.1. The van der Waals surface area contributed by atoms with Gasteiger partial charge in [-0.25, -0.2) is 0 Å². The Morgan fingerprint density at radius 1 is 0.897 bits per heavy atom. The second kappa shape index (κ2) is 9.71. The van der Waals surface area contributed by atoms with Crippen LogP contribution in [-0.4, -0.2) is 18.9 Å². The van der Waals surface area contributed by atoms with Gasteiger partial charge in [0.2, 0.25) is 0 Å². The van der Waals surface area contributed by atoms with Gasteiger partial charge in [0.15, 0.2) is 0 Å². The highest BCUT2D eigenvalue weighted by atomic mass is 79.9. The summed E-state index contributed by atoms with van der Waals surface area (Å²) >= 11 is 3.39. The van der Waals surface area contributed by atoms with Crippen LogP contribution in [0.5, 0.6) is 5.75 Å². The molecule has 0 spiro atoms. The van der Waals surface area contributed by atoms with Crippen LogP contribution in [0.2, 0.25) is 0 Å². The van der Waals surface area contributed by atoms with Crippen LogP contribution < -0.4 is 15.4 Å². The standard InChI is InChI=1S/C23H19BrN2O3/c1-29-20-13-11-19(12-14-20)25-23(28)21(15-16-7-9-18(24)10-8-16)26-22(27)17-5-3-2-4-6-17/h2-15H,1H3,(H,25,28)(H,26,27)/b21-15+. The average Bonchev–Trinajstić information content (AvgIpc) is 2.76. The molecule has 3 aromatic rings. The minimum absolute atomic E-state index is 0.136. The van der Waals surface area contributed by atoms with E-state index in [0.717, 1.165) is 10.0 Å². The molecule has 3 rings (SSSR count). The normalized spacial score (nSPS) is 10.9. The van der Waals surface area contributed by atoms with Crippen molar-refractivity contribution in [2.24, 2.45) is 0 Å². The summed E-state index contributed by atoms with van der Waals surface area (Å²) in [5, 5.41) is 5.51. The molecule has 0 fully saturated rings. The molecule has 0 saturated heterocycles.